The standard InChI is InChI=1S/C14H22N2O2S.ClH/c1-11-3-8-19-12(11)13(17)16-9-14(10-18-2)4-6-15-7-5-14;/h3,8,15H,4-7,9-10H2,1-2H3,(H,16,17);1H. The number of carbonyl (C=O) groups is 1. The van der Waals surface area contributed by atoms with Gasteiger partial charge < -0.3 is 15.4 Å². The number of piperidine rings is 1. The molecule has 0 radical (unpaired) electrons. The second kappa shape index (κ2) is 7.98. The molecule has 20 heavy (non-hydrogen) atoms. The molecule has 2 rings (SSSR count). The highest BCUT2D eigenvalue weighted by Gasteiger charge is 2.32. The van der Waals surface area contributed by atoms with Crippen LogP contribution in [0.3, 0.4) is 0 Å². The van der Waals surface area contributed by atoms with Crippen molar-refractivity contribution in [3.05, 3.63) is 21.9 Å². The van der Waals surface area contributed by atoms with Crippen molar-refractivity contribution in [2.24, 2.45) is 5.41 Å². The van der Waals surface area contributed by atoms with Gasteiger partial charge in [0.05, 0.1) is 11.5 Å². The Morgan fingerprint density at radius 2 is 2.20 bits per heavy atom. The van der Waals surface area contributed by atoms with E-state index in [1.165, 1.54) is 11.3 Å². The van der Waals surface area contributed by atoms with E-state index in [0.717, 1.165) is 36.4 Å². The van der Waals surface area contributed by atoms with Crippen LogP contribution in [-0.4, -0.2) is 39.3 Å². The van der Waals surface area contributed by atoms with E-state index in [1.807, 2.05) is 18.4 Å². The molecule has 1 amide bonds. The van der Waals surface area contributed by atoms with Crippen LogP contribution in [0.4, 0.5) is 0 Å². The van der Waals surface area contributed by atoms with Gasteiger partial charge in [0, 0.05) is 19.1 Å². The van der Waals surface area contributed by atoms with E-state index < -0.39 is 0 Å². The zero-order chi connectivity index (χ0) is 13.7. The Kier molecular flexibility index (Phi) is 6.95. The molecule has 0 aromatic carbocycles. The van der Waals surface area contributed by atoms with Crippen LogP contribution in [0.15, 0.2) is 11.4 Å². The number of hydrogen-bond acceptors (Lipinski definition) is 4. The molecule has 1 aliphatic rings. The highest BCUT2D eigenvalue weighted by molar-refractivity contribution is 7.12. The lowest BCUT2D eigenvalue weighted by molar-refractivity contribution is 0.0512. The minimum atomic E-state index is 0. The summed E-state index contributed by atoms with van der Waals surface area (Å²) in [5.41, 5.74) is 1.13. The normalized spacial score (nSPS) is 17.3. The monoisotopic (exact) mass is 318 g/mol. The van der Waals surface area contributed by atoms with Gasteiger partial charge in [-0.25, -0.2) is 0 Å². The van der Waals surface area contributed by atoms with Crippen molar-refractivity contribution in [3.8, 4) is 0 Å². The van der Waals surface area contributed by atoms with E-state index in [-0.39, 0.29) is 23.7 Å². The Balaban J connectivity index is 0.00000200. The Labute approximate surface area is 130 Å². The number of methoxy groups -OCH3 is 1. The number of hydrogen-bond donors (Lipinski definition) is 2. The Hall–Kier alpha value is -0.620. The summed E-state index contributed by atoms with van der Waals surface area (Å²) in [6, 6.07) is 1.98. The molecule has 114 valence electrons. The summed E-state index contributed by atoms with van der Waals surface area (Å²) < 4.78 is 5.35. The molecule has 0 spiro atoms. The molecule has 2 N–H and O–H groups in total. The van der Waals surface area contributed by atoms with E-state index in [2.05, 4.69) is 10.6 Å². The van der Waals surface area contributed by atoms with E-state index >= 15 is 0 Å². The lowest BCUT2D eigenvalue weighted by Gasteiger charge is -2.37. The fraction of sp³-hybridized carbons (Fsp3) is 0.643. The Morgan fingerprint density at radius 1 is 1.50 bits per heavy atom. The SMILES string of the molecule is COCC1(CNC(=O)c2sccc2C)CCNCC1.Cl. The summed E-state index contributed by atoms with van der Waals surface area (Å²) in [4.78, 5) is 13.0. The highest BCUT2D eigenvalue weighted by Crippen LogP contribution is 2.28. The number of thiophene rings is 1. The maximum atomic E-state index is 12.2. The lowest BCUT2D eigenvalue weighted by Crippen LogP contribution is -2.47. The third-order valence-electron chi connectivity index (χ3n) is 3.81. The van der Waals surface area contributed by atoms with Gasteiger partial charge in [0.25, 0.3) is 5.91 Å². The van der Waals surface area contributed by atoms with E-state index in [0.29, 0.717) is 13.2 Å². The number of ether oxygens (including phenoxy) is 1. The summed E-state index contributed by atoms with van der Waals surface area (Å²) in [7, 11) is 1.73. The van der Waals surface area contributed by atoms with Crippen LogP contribution >= 0.6 is 23.7 Å². The van der Waals surface area contributed by atoms with Gasteiger partial charge in [-0.2, -0.15) is 0 Å². The van der Waals surface area contributed by atoms with E-state index in [1.54, 1.807) is 7.11 Å². The smallest absolute Gasteiger partial charge is 0.261 e. The first kappa shape index (κ1) is 17.4. The highest BCUT2D eigenvalue weighted by atomic mass is 35.5. The third kappa shape index (κ3) is 4.19. The lowest BCUT2D eigenvalue weighted by atomic mass is 9.79. The quantitative estimate of drug-likeness (QED) is 0.875. The third-order valence-corrected chi connectivity index (χ3v) is 4.82. The molecule has 0 unspecified atom stereocenters. The van der Waals surface area contributed by atoms with Crippen molar-refractivity contribution >= 4 is 29.7 Å². The van der Waals surface area contributed by atoms with Gasteiger partial charge >= 0.3 is 0 Å². The minimum Gasteiger partial charge on any atom is -0.384 e. The molecule has 4 nitrogen and oxygen atoms in total. The minimum absolute atomic E-state index is 0. The summed E-state index contributed by atoms with van der Waals surface area (Å²) in [5, 5.41) is 8.40. The molecule has 0 bridgehead atoms. The van der Waals surface area contributed by atoms with Crippen LogP contribution in [0.5, 0.6) is 0 Å². The average molecular weight is 319 g/mol. The molecule has 0 atom stereocenters. The molecule has 1 aliphatic heterocycles. The van der Waals surface area contributed by atoms with Gasteiger partial charge in [-0.05, 0) is 49.9 Å². The summed E-state index contributed by atoms with van der Waals surface area (Å²) in [6.07, 6.45) is 2.09. The molecule has 2 heterocycles. The van der Waals surface area contributed by atoms with Crippen molar-refractivity contribution in [2.75, 3.05) is 33.4 Å². The largest absolute Gasteiger partial charge is 0.384 e. The molecule has 6 heteroatoms. The van der Waals surface area contributed by atoms with Crippen LogP contribution in [0.25, 0.3) is 0 Å². The number of aryl methyl sites for hydroxylation is 1. The Morgan fingerprint density at radius 3 is 2.75 bits per heavy atom. The molecule has 1 aromatic heterocycles. The second-order valence-corrected chi connectivity index (χ2v) is 6.21. The Bertz CT molecular complexity index is 425. The number of amides is 1. The molecule has 1 fully saturated rings. The summed E-state index contributed by atoms with van der Waals surface area (Å²) in [5.74, 6) is 0.0431. The van der Waals surface area contributed by atoms with Gasteiger partial charge in [-0.15, -0.1) is 23.7 Å². The predicted molar refractivity (Wildman–Crippen MR) is 85.0 cm³/mol. The van der Waals surface area contributed by atoms with E-state index in [9.17, 15) is 4.79 Å². The zero-order valence-corrected chi connectivity index (χ0v) is 13.7. The van der Waals surface area contributed by atoms with Crippen molar-refractivity contribution < 1.29 is 9.53 Å². The molecule has 0 saturated carbocycles. The first-order valence-corrected chi connectivity index (χ1v) is 7.57. The maximum Gasteiger partial charge on any atom is 0.261 e. The number of halogens is 1. The number of rotatable bonds is 5. The number of carbonyl (C=O) groups excluding carboxylic acids is 1. The average Bonchev–Trinajstić information content (AvgIpc) is 2.84. The van der Waals surface area contributed by atoms with Crippen LogP contribution in [-0.2, 0) is 4.74 Å². The second-order valence-electron chi connectivity index (χ2n) is 5.30. The first-order valence-electron chi connectivity index (χ1n) is 6.69. The predicted octanol–water partition coefficient (Wildman–Crippen LogP) is 2.22. The molecule has 1 saturated heterocycles. The van der Waals surface area contributed by atoms with Gasteiger partial charge in [-0.1, -0.05) is 0 Å². The van der Waals surface area contributed by atoms with Crippen LogP contribution in [0.1, 0.15) is 28.1 Å². The molecule has 0 aliphatic carbocycles. The van der Waals surface area contributed by atoms with Gasteiger partial charge in [0.2, 0.25) is 0 Å². The summed E-state index contributed by atoms with van der Waals surface area (Å²) >= 11 is 1.50. The van der Waals surface area contributed by atoms with E-state index in [4.69, 9.17) is 4.74 Å². The van der Waals surface area contributed by atoms with Crippen LogP contribution in [0, 0.1) is 12.3 Å². The van der Waals surface area contributed by atoms with Crippen molar-refractivity contribution in [2.45, 2.75) is 19.8 Å². The summed E-state index contributed by atoms with van der Waals surface area (Å²) in [6.45, 7) is 5.37. The molecular weight excluding hydrogens is 296 g/mol. The van der Waals surface area contributed by atoms with Gasteiger partial charge in [0.1, 0.15) is 0 Å². The fourth-order valence-corrected chi connectivity index (χ4v) is 3.43. The van der Waals surface area contributed by atoms with Crippen molar-refractivity contribution in [3.63, 3.8) is 0 Å². The van der Waals surface area contributed by atoms with Crippen molar-refractivity contribution in [1.29, 1.82) is 0 Å². The van der Waals surface area contributed by atoms with Crippen molar-refractivity contribution in [1.82, 2.24) is 10.6 Å². The van der Waals surface area contributed by atoms with Crippen LogP contribution in [0.2, 0.25) is 0 Å². The maximum absolute atomic E-state index is 12.2. The topological polar surface area (TPSA) is 50.4 Å². The number of nitrogens with one attached hydrogen (secondary N) is 2. The molecule has 1 aromatic rings. The van der Waals surface area contributed by atoms with Gasteiger partial charge in [-0.3, -0.25) is 4.79 Å². The zero-order valence-electron chi connectivity index (χ0n) is 12.0. The van der Waals surface area contributed by atoms with Crippen LogP contribution < -0.4 is 10.6 Å². The van der Waals surface area contributed by atoms with Gasteiger partial charge in [0.15, 0.2) is 0 Å². The molecular formula is C14H23ClN2O2S. The first-order chi connectivity index (χ1) is 9.17. The fourth-order valence-electron chi connectivity index (χ4n) is 2.59.